The van der Waals surface area contributed by atoms with Gasteiger partial charge in [0.25, 0.3) is 5.56 Å². The van der Waals surface area contributed by atoms with Crippen molar-refractivity contribution in [2.45, 2.75) is 38.7 Å². The standard InChI is InChI=1S/C21H18F6N2O3/c1-11-12(20(22,23)24)8-9-13-15(11)16(29-10-6-5-7-14(29)30)17(19(2,3)32-13)28(4)18(31)21(25,26)27/h5-10H,1-4H3. The highest BCUT2D eigenvalue weighted by atomic mass is 19.4. The van der Waals surface area contributed by atoms with Gasteiger partial charge in [0, 0.05) is 24.9 Å². The van der Waals surface area contributed by atoms with E-state index in [2.05, 4.69) is 0 Å². The Bertz CT molecular complexity index is 1180. The van der Waals surface area contributed by atoms with Crippen LogP contribution in [-0.4, -0.2) is 34.2 Å². The van der Waals surface area contributed by atoms with Gasteiger partial charge in [-0.05, 0) is 44.5 Å². The molecular weight excluding hydrogens is 442 g/mol. The summed E-state index contributed by atoms with van der Waals surface area (Å²) in [6.45, 7) is 3.83. The van der Waals surface area contributed by atoms with Gasteiger partial charge in [-0.15, -0.1) is 0 Å². The lowest BCUT2D eigenvalue weighted by Gasteiger charge is -2.41. The molecular formula is C21H18F6N2O3. The van der Waals surface area contributed by atoms with E-state index in [4.69, 9.17) is 4.74 Å². The zero-order valence-corrected chi connectivity index (χ0v) is 17.4. The maximum absolute atomic E-state index is 13.6. The summed E-state index contributed by atoms with van der Waals surface area (Å²) < 4.78 is 87.1. The second kappa shape index (κ2) is 7.42. The van der Waals surface area contributed by atoms with Crippen molar-refractivity contribution in [3.8, 4) is 5.75 Å². The summed E-state index contributed by atoms with van der Waals surface area (Å²) in [7, 11) is 0.832. The predicted octanol–water partition coefficient (Wildman–Crippen LogP) is 4.58. The zero-order chi connectivity index (χ0) is 24.2. The van der Waals surface area contributed by atoms with Crippen molar-refractivity contribution in [3.05, 3.63) is 69.3 Å². The van der Waals surface area contributed by atoms with E-state index in [1.54, 1.807) is 0 Å². The Hall–Kier alpha value is -3.24. The van der Waals surface area contributed by atoms with Crippen LogP contribution in [-0.2, 0) is 11.0 Å². The SMILES string of the molecule is Cc1c(C(F)(F)F)ccc2c1C(n1ccccc1=O)=C(N(C)C(=O)C(F)(F)F)C(C)(C)O2. The van der Waals surface area contributed by atoms with Gasteiger partial charge in [0.1, 0.15) is 11.4 Å². The third-order valence-electron chi connectivity index (χ3n) is 5.07. The summed E-state index contributed by atoms with van der Waals surface area (Å²) in [5.74, 6) is -2.33. The highest BCUT2D eigenvalue weighted by Gasteiger charge is 2.48. The summed E-state index contributed by atoms with van der Waals surface area (Å²) in [5.41, 5.74) is -4.68. The van der Waals surface area contributed by atoms with Gasteiger partial charge in [-0.25, -0.2) is 0 Å². The molecule has 0 atom stereocenters. The van der Waals surface area contributed by atoms with E-state index in [1.165, 1.54) is 32.2 Å². The number of benzene rings is 1. The van der Waals surface area contributed by atoms with Crippen molar-refractivity contribution in [2.75, 3.05) is 7.05 Å². The molecule has 172 valence electrons. The second-order valence-corrected chi connectivity index (χ2v) is 7.69. The fourth-order valence-electron chi connectivity index (χ4n) is 3.80. The van der Waals surface area contributed by atoms with Crippen LogP contribution in [0.25, 0.3) is 5.70 Å². The second-order valence-electron chi connectivity index (χ2n) is 7.69. The molecule has 0 unspecified atom stereocenters. The molecule has 1 aliphatic heterocycles. The third-order valence-corrected chi connectivity index (χ3v) is 5.07. The Morgan fingerprint density at radius 1 is 1.06 bits per heavy atom. The van der Waals surface area contributed by atoms with E-state index in [0.717, 1.165) is 36.7 Å². The molecule has 2 aromatic rings. The first-order valence-electron chi connectivity index (χ1n) is 9.25. The maximum atomic E-state index is 13.6. The van der Waals surface area contributed by atoms with Crippen LogP contribution in [0.1, 0.15) is 30.5 Å². The van der Waals surface area contributed by atoms with Crippen LogP contribution < -0.4 is 10.3 Å². The van der Waals surface area contributed by atoms with Crippen LogP contribution in [0, 0.1) is 6.92 Å². The van der Waals surface area contributed by atoms with Crippen molar-refractivity contribution in [1.29, 1.82) is 0 Å². The zero-order valence-electron chi connectivity index (χ0n) is 17.4. The summed E-state index contributed by atoms with van der Waals surface area (Å²) in [4.78, 5) is 24.9. The van der Waals surface area contributed by atoms with E-state index in [0.29, 0.717) is 0 Å². The summed E-state index contributed by atoms with van der Waals surface area (Å²) >= 11 is 0. The molecule has 5 nitrogen and oxygen atoms in total. The maximum Gasteiger partial charge on any atom is 0.471 e. The Morgan fingerprint density at radius 3 is 2.22 bits per heavy atom. The smallest absolute Gasteiger partial charge is 0.471 e. The number of fused-ring (bicyclic) bond motifs is 1. The molecule has 3 rings (SSSR count). The van der Waals surface area contributed by atoms with Crippen molar-refractivity contribution in [1.82, 2.24) is 9.47 Å². The topological polar surface area (TPSA) is 51.5 Å². The van der Waals surface area contributed by atoms with E-state index in [-0.39, 0.29) is 27.5 Å². The molecule has 0 N–H and O–H groups in total. The van der Waals surface area contributed by atoms with Gasteiger partial charge in [0.05, 0.1) is 17.0 Å². The Balaban J connectivity index is 2.50. The van der Waals surface area contributed by atoms with Gasteiger partial charge in [0.2, 0.25) is 0 Å². The van der Waals surface area contributed by atoms with Crippen LogP contribution in [0.5, 0.6) is 5.75 Å². The predicted molar refractivity (Wildman–Crippen MR) is 103 cm³/mol. The van der Waals surface area contributed by atoms with Crippen LogP contribution in [0.2, 0.25) is 0 Å². The van der Waals surface area contributed by atoms with E-state index >= 15 is 0 Å². The molecule has 0 bridgehead atoms. The fraction of sp³-hybridized carbons (Fsp3) is 0.333. The number of likely N-dealkylation sites (N-methyl/N-ethyl adjacent to an activating group) is 1. The Kier molecular flexibility index (Phi) is 5.43. The molecule has 2 heterocycles. The van der Waals surface area contributed by atoms with Gasteiger partial charge >= 0.3 is 18.3 Å². The number of hydrogen-bond acceptors (Lipinski definition) is 3. The summed E-state index contributed by atoms with van der Waals surface area (Å²) in [6.07, 6.45) is -8.84. The van der Waals surface area contributed by atoms with Crippen LogP contribution in [0.4, 0.5) is 26.3 Å². The molecule has 1 amide bonds. The average molecular weight is 460 g/mol. The quantitative estimate of drug-likeness (QED) is 0.617. The molecule has 1 aromatic heterocycles. The first-order chi connectivity index (χ1) is 14.6. The Labute approximate surface area is 178 Å². The number of pyridine rings is 1. The number of hydrogen-bond donors (Lipinski definition) is 0. The van der Waals surface area contributed by atoms with E-state index < -0.39 is 40.7 Å². The minimum atomic E-state index is -5.27. The molecule has 11 heteroatoms. The van der Waals surface area contributed by atoms with Crippen molar-refractivity contribution >= 4 is 11.6 Å². The molecule has 0 saturated carbocycles. The van der Waals surface area contributed by atoms with Gasteiger partial charge < -0.3 is 9.64 Å². The lowest BCUT2D eigenvalue weighted by molar-refractivity contribution is -0.183. The fourth-order valence-corrected chi connectivity index (χ4v) is 3.80. The van der Waals surface area contributed by atoms with Crippen LogP contribution in [0.15, 0.2) is 47.0 Å². The summed E-state index contributed by atoms with van der Waals surface area (Å²) in [6, 6.07) is 5.70. The molecule has 0 aliphatic carbocycles. The number of aromatic nitrogens is 1. The van der Waals surface area contributed by atoms with Crippen molar-refractivity contribution in [3.63, 3.8) is 0 Å². The van der Waals surface area contributed by atoms with Gasteiger partial charge in [-0.1, -0.05) is 6.07 Å². The average Bonchev–Trinajstić information content (AvgIpc) is 2.64. The molecule has 0 saturated heterocycles. The van der Waals surface area contributed by atoms with E-state index in [1.807, 2.05) is 0 Å². The monoisotopic (exact) mass is 460 g/mol. The normalized spacial score (nSPS) is 15.8. The molecule has 0 fully saturated rings. The van der Waals surface area contributed by atoms with Gasteiger partial charge in [0.15, 0.2) is 0 Å². The highest BCUT2D eigenvalue weighted by Crippen LogP contribution is 2.47. The largest absolute Gasteiger partial charge is 0.481 e. The molecule has 0 radical (unpaired) electrons. The van der Waals surface area contributed by atoms with Crippen LogP contribution >= 0.6 is 0 Å². The number of rotatable bonds is 2. The number of nitrogens with zero attached hydrogens (tertiary/aromatic N) is 2. The molecule has 32 heavy (non-hydrogen) atoms. The van der Waals surface area contributed by atoms with Gasteiger partial charge in [-0.2, -0.15) is 26.3 Å². The lowest BCUT2D eigenvalue weighted by atomic mass is 9.89. The third kappa shape index (κ3) is 3.87. The number of alkyl halides is 6. The number of carbonyl (C=O) groups is 1. The number of halogens is 6. The lowest BCUT2D eigenvalue weighted by Crippen LogP contribution is -2.49. The van der Waals surface area contributed by atoms with Crippen molar-refractivity contribution in [2.24, 2.45) is 0 Å². The highest BCUT2D eigenvalue weighted by molar-refractivity contribution is 5.88. The molecule has 0 spiro atoms. The van der Waals surface area contributed by atoms with E-state index in [9.17, 15) is 35.9 Å². The minimum Gasteiger partial charge on any atom is -0.481 e. The Morgan fingerprint density at radius 2 is 1.69 bits per heavy atom. The first kappa shape index (κ1) is 23.4. The van der Waals surface area contributed by atoms with Gasteiger partial charge in [-0.3, -0.25) is 14.2 Å². The number of carbonyl (C=O) groups excluding carboxylic acids is 1. The number of ether oxygens (including phenoxy) is 1. The molecule has 1 aliphatic rings. The molecule has 1 aromatic carbocycles. The van der Waals surface area contributed by atoms with Crippen molar-refractivity contribution < 1.29 is 35.9 Å². The van der Waals surface area contributed by atoms with Crippen LogP contribution in [0.3, 0.4) is 0 Å². The first-order valence-corrected chi connectivity index (χ1v) is 9.25. The minimum absolute atomic E-state index is 0.0668. The summed E-state index contributed by atoms with van der Waals surface area (Å²) in [5, 5.41) is 0. The number of amides is 1.